The molecule has 4 heterocycles. The lowest BCUT2D eigenvalue weighted by Crippen LogP contribution is -2.58. The smallest absolute Gasteiger partial charge is 0.261 e. The molecule has 1 unspecified atom stereocenters. The molecule has 186 valence electrons. The van der Waals surface area contributed by atoms with Gasteiger partial charge in [0.2, 0.25) is 0 Å². The van der Waals surface area contributed by atoms with Crippen molar-refractivity contribution >= 4 is 11.8 Å². The van der Waals surface area contributed by atoms with Crippen LogP contribution in [-0.2, 0) is 16.0 Å². The average Bonchev–Trinajstić information content (AvgIpc) is 3.34. The Labute approximate surface area is 207 Å². The Bertz CT molecular complexity index is 1060. The van der Waals surface area contributed by atoms with Crippen molar-refractivity contribution in [3.63, 3.8) is 0 Å². The van der Waals surface area contributed by atoms with Crippen LogP contribution in [0.2, 0.25) is 0 Å². The molecular weight excluding hydrogens is 442 g/mol. The van der Waals surface area contributed by atoms with Crippen molar-refractivity contribution in [2.45, 2.75) is 44.8 Å². The Balaban J connectivity index is 1.24. The summed E-state index contributed by atoms with van der Waals surface area (Å²) in [6.07, 6.45) is 3.16. The van der Waals surface area contributed by atoms with Crippen LogP contribution in [0.4, 0.5) is 0 Å². The van der Waals surface area contributed by atoms with Gasteiger partial charge in [0, 0.05) is 49.9 Å². The second kappa shape index (κ2) is 10.8. The highest BCUT2D eigenvalue weighted by molar-refractivity contribution is 5.95. The largest absolute Gasteiger partial charge is 0.479 e. The van der Waals surface area contributed by atoms with Gasteiger partial charge >= 0.3 is 0 Å². The van der Waals surface area contributed by atoms with Gasteiger partial charge in [-0.15, -0.1) is 0 Å². The van der Waals surface area contributed by atoms with Crippen LogP contribution in [0.25, 0.3) is 11.1 Å². The molecule has 2 aromatic rings. The zero-order valence-electron chi connectivity index (χ0n) is 20.4. The first-order valence-corrected chi connectivity index (χ1v) is 12.9. The molecule has 2 atom stereocenters. The molecule has 7 heteroatoms. The summed E-state index contributed by atoms with van der Waals surface area (Å²) in [7, 11) is 0. The maximum absolute atomic E-state index is 13.1. The summed E-state index contributed by atoms with van der Waals surface area (Å²) in [5.74, 6) is 1.20. The summed E-state index contributed by atoms with van der Waals surface area (Å²) >= 11 is 0. The lowest BCUT2D eigenvalue weighted by atomic mass is 9.84. The highest BCUT2D eigenvalue weighted by atomic mass is 16.5. The van der Waals surface area contributed by atoms with Crippen LogP contribution in [0.5, 0.6) is 5.75 Å². The SMILES string of the molecule is CCOCCCNC(=O)c1cccc(-c2cccc3c2OC(C(=O)N[C@H]2CN4CCC2CC4)C3)c1. The average molecular weight is 478 g/mol. The number of nitrogens with one attached hydrogen (secondary N) is 2. The van der Waals surface area contributed by atoms with E-state index < -0.39 is 6.10 Å². The van der Waals surface area contributed by atoms with E-state index in [1.165, 1.54) is 0 Å². The summed E-state index contributed by atoms with van der Waals surface area (Å²) in [5.41, 5.74) is 3.45. The van der Waals surface area contributed by atoms with Gasteiger partial charge in [-0.05, 0) is 68.5 Å². The number of piperidine rings is 3. The molecule has 7 nitrogen and oxygen atoms in total. The first kappa shape index (κ1) is 23.8. The molecule has 6 rings (SSSR count). The first-order valence-electron chi connectivity index (χ1n) is 12.9. The van der Waals surface area contributed by atoms with E-state index in [0.717, 1.165) is 61.3 Å². The van der Waals surface area contributed by atoms with Crippen LogP contribution in [0, 0.1) is 5.92 Å². The van der Waals surface area contributed by atoms with Gasteiger partial charge in [-0.2, -0.15) is 0 Å². The number of carbonyl (C=O) groups excluding carboxylic acids is 2. The molecule has 2 aromatic carbocycles. The monoisotopic (exact) mass is 477 g/mol. The van der Waals surface area contributed by atoms with E-state index in [-0.39, 0.29) is 17.9 Å². The number of nitrogens with zero attached hydrogens (tertiary/aromatic N) is 1. The van der Waals surface area contributed by atoms with Gasteiger partial charge in [-0.25, -0.2) is 0 Å². The number of para-hydroxylation sites is 1. The van der Waals surface area contributed by atoms with Gasteiger partial charge in [0.1, 0.15) is 5.75 Å². The second-order valence-electron chi connectivity index (χ2n) is 9.74. The normalized spacial score (nSPS) is 24.5. The number of hydrogen-bond donors (Lipinski definition) is 2. The van der Waals surface area contributed by atoms with E-state index in [4.69, 9.17) is 9.47 Å². The fourth-order valence-electron chi connectivity index (χ4n) is 5.50. The summed E-state index contributed by atoms with van der Waals surface area (Å²) in [5, 5.41) is 6.23. The van der Waals surface area contributed by atoms with E-state index >= 15 is 0 Å². The van der Waals surface area contributed by atoms with Crippen molar-refractivity contribution < 1.29 is 19.1 Å². The van der Waals surface area contributed by atoms with Crippen molar-refractivity contribution in [3.8, 4) is 16.9 Å². The number of hydrogen-bond acceptors (Lipinski definition) is 5. The van der Waals surface area contributed by atoms with Gasteiger partial charge in [-0.1, -0.05) is 30.3 Å². The predicted molar refractivity (Wildman–Crippen MR) is 135 cm³/mol. The topological polar surface area (TPSA) is 79.9 Å². The maximum Gasteiger partial charge on any atom is 0.261 e. The number of benzene rings is 2. The van der Waals surface area contributed by atoms with Crippen molar-refractivity contribution in [3.05, 3.63) is 53.6 Å². The zero-order chi connectivity index (χ0) is 24.2. The van der Waals surface area contributed by atoms with E-state index in [1.807, 2.05) is 49.4 Å². The molecule has 3 saturated heterocycles. The van der Waals surface area contributed by atoms with Gasteiger partial charge in [-0.3, -0.25) is 9.59 Å². The molecule has 0 saturated carbocycles. The van der Waals surface area contributed by atoms with Crippen LogP contribution in [-0.4, -0.2) is 68.3 Å². The fraction of sp³-hybridized carbons (Fsp3) is 0.500. The quantitative estimate of drug-likeness (QED) is 0.543. The van der Waals surface area contributed by atoms with Crippen molar-refractivity contribution in [2.75, 3.05) is 39.4 Å². The standard InChI is InChI=1S/C28H35N3O4/c1-2-34-15-5-12-29-27(32)22-8-3-6-20(16-22)23-9-4-7-21-17-25(35-26(21)23)28(33)30-24-18-31-13-10-19(24)11-14-31/h3-4,6-9,16,19,24-25H,2,5,10-15,17-18H2,1H3,(H,29,32)(H,30,33)/t24-,25?/m0/s1. The van der Waals surface area contributed by atoms with E-state index in [9.17, 15) is 9.59 Å². The summed E-state index contributed by atoms with van der Waals surface area (Å²) in [6.45, 7) is 7.10. The van der Waals surface area contributed by atoms with E-state index in [2.05, 4.69) is 15.5 Å². The maximum atomic E-state index is 13.1. The minimum absolute atomic E-state index is 0.0221. The van der Waals surface area contributed by atoms with Crippen LogP contribution in [0.15, 0.2) is 42.5 Å². The summed E-state index contributed by atoms with van der Waals surface area (Å²) in [6, 6.07) is 13.8. The highest BCUT2D eigenvalue weighted by Crippen LogP contribution is 2.39. The number of rotatable bonds is 9. The number of fused-ring (bicyclic) bond motifs is 4. The second-order valence-corrected chi connectivity index (χ2v) is 9.74. The first-order chi connectivity index (χ1) is 17.1. The zero-order valence-corrected chi connectivity index (χ0v) is 20.4. The van der Waals surface area contributed by atoms with E-state index in [0.29, 0.717) is 37.7 Å². The molecule has 2 amide bonds. The van der Waals surface area contributed by atoms with Crippen LogP contribution >= 0.6 is 0 Å². The molecule has 4 aliphatic heterocycles. The molecule has 2 N–H and O–H groups in total. The number of amides is 2. The third kappa shape index (κ3) is 5.36. The Morgan fingerprint density at radius 3 is 2.74 bits per heavy atom. The molecule has 4 aliphatic rings. The van der Waals surface area contributed by atoms with Gasteiger partial charge in [0.15, 0.2) is 6.10 Å². The summed E-state index contributed by atoms with van der Waals surface area (Å²) < 4.78 is 11.6. The lowest BCUT2D eigenvalue weighted by Gasteiger charge is -2.45. The van der Waals surface area contributed by atoms with Crippen LogP contribution in [0.3, 0.4) is 0 Å². The minimum Gasteiger partial charge on any atom is -0.479 e. The Hall–Kier alpha value is -2.90. The number of ether oxygens (including phenoxy) is 2. The molecule has 2 bridgehead atoms. The lowest BCUT2D eigenvalue weighted by molar-refractivity contribution is -0.129. The van der Waals surface area contributed by atoms with Crippen LogP contribution in [0.1, 0.15) is 42.1 Å². The van der Waals surface area contributed by atoms with Gasteiger partial charge in [0.05, 0.1) is 0 Å². The van der Waals surface area contributed by atoms with Gasteiger partial charge in [0.25, 0.3) is 11.8 Å². The minimum atomic E-state index is -0.515. The highest BCUT2D eigenvalue weighted by Gasteiger charge is 2.38. The van der Waals surface area contributed by atoms with Gasteiger partial charge < -0.3 is 25.0 Å². The Morgan fingerprint density at radius 1 is 1.14 bits per heavy atom. The molecule has 0 radical (unpaired) electrons. The van der Waals surface area contributed by atoms with E-state index in [1.54, 1.807) is 0 Å². The third-order valence-electron chi connectivity index (χ3n) is 7.43. The van der Waals surface area contributed by atoms with Crippen molar-refractivity contribution in [2.24, 2.45) is 5.92 Å². The number of carbonyl (C=O) groups is 2. The van der Waals surface area contributed by atoms with Crippen LogP contribution < -0.4 is 15.4 Å². The molecule has 0 aromatic heterocycles. The molecule has 3 fully saturated rings. The molecule has 0 spiro atoms. The third-order valence-corrected chi connectivity index (χ3v) is 7.43. The fourth-order valence-corrected chi connectivity index (χ4v) is 5.50. The molecule has 35 heavy (non-hydrogen) atoms. The van der Waals surface area contributed by atoms with Crippen molar-refractivity contribution in [1.29, 1.82) is 0 Å². The Morgan fingerprint density at radius 2 is 1.97 bits per heavy atom. The molecular formula is C28H35N3O4. The molecule has 0 aliphatic carbocycles. The predicted octanol–water partition coefficient (Wildman–Crippen LogP) is 3.02. The van der Waals surface area contributed by atoms with Crippen molar-refractivity contribution in [1.82, 2.24) is 15.5 Å². The summed E-state index contributed by atoms with van der Waals surface area (Å²) in [4.78, 5) is 28.2. The Kier molecular flexibility index (Phi) is 7.35.